The maximum Gasteiger partial charge on any atom is 0.163 e. The molecule has 0 aliphatic heterocycles. The first-order chi connectivity index (χ1) is 6.65. The molecule has 0 heterocycles. The second kappa shape index (κ2) is 5.05. The molecule has 0 radical (unpaired) electrons. The predicted octanol–water partition coefficient (Wildman–Crippen LogP) is 2.85. The number of nitrogens with one attached hydrogen (secondary N) is 1. The van der Waals surface area contributed by atoms with Crippen LogP contribution in [0.4, 0.5) is 8.78 Å². The van der Waals surface area contributed by atoms with Crippen LogP contribution in [0.3, 0.4) is 0 Å². The Labute approximate surface area is 83.1 Å². The zero-order valence-electron chi connectivity index (χ0n) is 8.48. The molecule has 1 N–H and O–H groups in total. The lowest BCUT2D eigenvalue weighted by atomic mass is 10.2. The molecular formula is C11H15F2N. The van der Waals surface area contributed by atoms with E-state index in [4.69, 9.17) is 0 Å². The van der Waals surface area contributed by atoms with E-state index >= 15 is 0 Å². The fraction of sp³-hybridized carbons (Fsp3) is 0.455. The van der Waals surface area contributed by atoms with Crippen LogP contribution in [0.1, 0.15) is 25.8 Å². The largest absolute Gasteiger partial charge is 0.310 e. The summed E-state index contributed by atoms with van der Waals surface area (Å²) in [6, 6.07) is 4.56. The Kier molecular flexibility index (Phi) is 4.01. The van der Waals surface area contributed by atoms with Crippen molar-refractivity contribution in [1.82, 2.24) is 5.32 Å². The lowest BCUT2D eigenvalue weighted by Crippen LogP contribution is -2.25. The lowest BCUT2D eigenvalue weighted by molar-refractivity contribution is 0.478. The molecule has 3 heteroatoms. The van der Waals surface area contributed by atoms with E-state index in [0.717, 1.165) is 12.5 Å². The molecule has 0 aliphatic rings. The van der Waals surface area contributed by atoms with Crippen LogP contribution in [0.15, 0.2) is 18.2 Å². The normalized spacial score (nSPS) is 12.9. The number of rotatable bonds is 4. The first kappa shape index (κ1) is 11.1. The van der Waals surface area contributed by atoms with E-state index in [9.17, 15) is 8.78 Å². The van der Waals surface area contributed by atoms with Crippen molar-refractivity contribution in [2.45, 2.75) is 32.9 Å². The van der Waals surface area contributed by atoms with Crippen LogP contribution in [-0.4, -0.2) is 6.04 Å². The minimum atomic E-state index is -0.784. The van der Waals surface area contributed by atoms with Gasteiger partial charge in [0.05, 0.1) is 0 Å². The molecule has 0 aliphatic carbocycles. The summed E-state index contributed by atoms with van der Waals surface area (Å²) in [5, 5.41) is 3.11. The van der Waals surface area contributed by atoms with E-state index in [1.165, 1.54) is 6.07 Å². The predicted molar refractivity (Wildman–Crippen MR) is 53.0 cm³/mol. The van der Waals surface area contributed by atoms with Crippen LogP contribution in [0.2, 0.25) is 0 Å². The Morgan fingerprint density at radius 3 is 2.71 bits per heavy atom. The molecular weight excluding hydrogens is 184 g/mol. The molecule has 0 bridgehead atoms. The summed E-state index contributed by atoms with van der Waals surface area (Å²) in [6.07, 6.45) is 0.969. The van der Waals surface area contributed by atoms with Crippen LogP contribution in [-0.2, 0) is 6.54 Å². The van der Waals surface area contributed by atoms with E-state index < -0.39 is 11.6 Å². The summed E-state index contributed by atoms with van der Waals surface area (Å²) >= 11 is 0. The maximum atomic E-state index is 13.1. The quantitative estimate of drug-likeness (QED) is 0.786. The smallest absolute Gasteiger partial charge is 0.163 e. The number of halogens is 2. The lowest BCUT2D eigenvalue weighted by Gasteiger charge is -2.11. The van der Waals surface area contributed by atoms with Crippen molar-refractivity contribution in [3.05, 3.63) is 35.4 Å². The minimum absolute atomic E-state index is 0.317. The van der Waals surface area contributed by atoms with E-state index in [1.54, 1.807) is 6.07 Å². The second-order valence-corrected chi connectivity index (χ2v) is 3.40. The van der Waals surface area contributed by atoms with Crippen LogP contribution in [0, 0.1) is 11.6 Å². The third kappa shape index (κ3) is 2.77. The van der Waals surface area contributed by atoms with Gasteiger partial charge in [-0.2, -0.15) is 0 Å². The molecule has 0 spiro atoms. The fourth-order valence-corrected chi connectivity index (χ4v) is 1.11. The van der Waals surface area contributed by atoms with E-state index in [2.05, 4.69) is 5.32 Å². The summed E-state index contributed by atoms with van der Waals surface area (Å²) in [5.41, 5.74) is 0.380. The fourth-order valence-electron chi connectivity index (χ4n) is 1.11. The zero-order chi connectivity index (χ0) is 10.6. The SMILES string of the molecule is CC[C@@H](C)NCc1cccc(F)c1F. The first-order valence-corrected chi connectivity index (χ1v) is 4.81. The monoisotopic (exact) mass is 199 g/mol. The Morgan fingerprint density at radius 1 is 1.36 bits per heavy atom. The third-order valence-corrected chi connectivity index (χ3v) is 2.28. The molecule has 78 valence electrons. The average molecular weight is 199 g/mol. The average Bonchev–Trinajstić information content (AvgIpc) is 2.20. The van der Waals surface area contributed by atoms with Crippen molar-refractivity contribution in [1.29, 1.82) is 0 Å². The molecule has 0 unspecified atom stereocenters. The summed E-state index contributed by atoms with van der Waals surface area (Å²) < 4.78 is 25.9. The van der Waals surface area contributed by atoms with Gasteiger partial charge in [-0.3, -0.25) is 0 Å². The molecule has 0 amide bonds. The van der Waals surface area contributed by atoms with Gasteiger partial charge in [-0.1, -0.05) is 19.1 Å². The molecule has 1 atom stereocenters. The zero-order valence-corrected chi connectivity index (χ0v) is 8.48. The maximum absolute atomic E-state index is 13.1. The first-order valence-electron chi connectivity index (χ1n) is 4.81. The van der Waals surface area contributed by atoms with Crippen LogP contribution in [0.25, 0.3) is 0 Å². The van der Waals surface area contributed by atoms with Crippen molar-refractivity contribution in [2.75, 3.05) is 0 Å². The van der Waals surface area contributed by atoms with E-state index in [0.29, 0.717) is 18.2 Å². The van der Waals surface area contributed by atoms with Gasteiger partial charge in [0.15, 0.2) is 11.6 Å². The van der Waals surface area contributed by atoms with Crippen molar-refractivity contribution >= 4 is 0 Å². The van der Waals surface area contributed by atoms with Crippen molar-refractivity contribution < 1.29 is 8.78 Å². The van der Waals surface area contributed by atoms with Crippen molar-refractivity contribution in [3.8, 4) is 0 Å². The number of hydrogen-bond donors (Lipinski definition) is 1. The van der Waals surface area contributed by atoms with Gasteiger partial charge in [0.1, 0.15) is 0 Å². The number of benzene rings is 1. The summed E-state index contributed by atoms with van der Waals surface area (Å²) in [4.78, 5) is 0. The summed E-state index contributed by atoms with van der Waals surface area (Å²) in [7, 11) is 0. The Morgan fingerprint density at radius 2 is 2.07 bits per heavy atom. The Bertz CT molecular complexity index is 299. The highest BCUT2D eigenvalue weighted by Gasteiger charge is 2.07. The third-order valence-electron chi connectivity index (χ3n) is 2.28. The van der Waals surface area contributed by atoms with Gasteiger partial charge in [-0.25, -0.2) is 8.78 Å². The van der Waals surface area contributed by atoms with Crippen molar-refractivity contribution in [2.24, 2.45) is 0 Å². The van der Waals surface area contributed by atoms with Crippen LogP contribution >= 0.6 is 0 Å². The van der Waals surface area contributed by atoms with Gasteiger partial charge >= 0.3 is 0 Å². The van der Waals surface area contributed by atoms with Crippen LogP contribution < -0.4 is 5.32 Å². The van der Waals surface area contributed by atoms with Crippen LogP contribution in [0.5, 0.6) is 0 Å². The molecule has 0 aromatic heterocycles. The van der Waals surface area contributed by atoms with Gasteiger partial charge in [0.25, 0.3) is 0 Å². The van der Waals surface area contributed by atoms with E-state index in [-0.39, 0.29) is 0 Å². The van der Waals surface area contributed by atoms with Gasteiger partial charge < -0.3 is 5.32 Å². The molecule has 1 aromatic carbocycles. The highest BCUT2D eigenvalue weighted by Crippen LogP contribution is 2.11. The summed E-state index contributed by atoms with van der Waals surface area (Å²) in [5.74, 6) is -1.53. The topological polar surface area (TPSA) is 12.0 Å². The summed E-state index contributed by atoms with van der Waals surface area (Å²) in [6.45, 7) is 4.43. The molecule has 0 fully saturated rings. The molecule has 1 nitrogen and oxygen atoms in total. The molecule has 14 heavy (non-hydrogen) atoms. The van der Waals surface area contributed by atoms with Crippen molar-refractivity contribution in [3.63, 3.8) is 0 Å². The molecule has 0 saturated carbocycles. The van der Waals surface area contributed by atoms with Gasteiger partial charge in [-0.05, 0) is 19.4 Å². The Hall–Kier alpha value is -0.960. The highest BCUT2D eigenvalue weighted by molar-refractivity contribution is 5.18. The molecule has 0 saturated heterocycles. The van der Waals surface area contributed by atoms with Gasteiger partial charge in [0.2, 0.25) is 0 Å². The standard InChI is InChI=1S/C11H15F2N/c1-3-8(2)14-7-9-5-4-6-10(12)11(9)13/h4-6,8,14H,3,7H2,1-2H3/t8-/m1/s1. The molecule has 1 rings (SSSR count). The highest BCUT2D eigenvalue weighted by atomic mass is 19.2. The van der Waals surface area contributed by atoms with Gasteiger partial charge in [0, 0.05) is 18.2 Å². The Balaban J connectivity index is 2.63. The second-order valence-electron chi connectivity index (χ2n) is 3.40. The van der Waals surface area contributed by atoms with Gasteiger partial charge in [-0.15, -0.1) is 0 Å². The minimum Gasteiger partial charge on any atom is -0.310 e. The molecule has 1 aromatic rings. The number of hydrogen-bond acceptors (Lipinski definition) is 1. The van der Waals surface area contributed by atoms with E-state index in [1.807, 2.05) is 13.8 Å².